The highest BCUT2D eigenvalue weighted by Gasteiger charge is 2.40. The van der Waals surface area contributed by atoms with Crippen molar-refractivity contribution in [2.45, 2.75) is 32.2 Å². The zero-order chi connectivity index (χ0) is 16.3. The molecule has 1 fully saturated rings. The van der Waals surface area contributed by atoms with Crippen molar-refractivity contribution >= 4 is 27.5 Å². The lowest BCUT2D eigenvalue weighted by atomic mass is 10.1. The second kappa shape index (κ2) is 6.98. The van der Waals surface area contributed by atoms with E-state index in [9.17, 15) is 13.2 Å². The van der Waals surface area contributed by atoms with Crippen LogP contribution < -0.4 is 5.32 Å². The van der Waals surface area contributed by atoms with Crippen molar-refractivity contribution in [1.82, 2.24) is 9.62 Å². The summed E-state index contributed by atoms with van der Waals surface area (Å²) in [5, 5.41) is 3.46. The third-order valence-electron chi connectivity index (χ3n) is 3.83. The molecule has 5 nitrogen and oxygen atoms in total. The molecule has 7 heteroatoms. The lowest BCUT2D eigenvalue weighted by Crippen LogP contribution is -2.40. The summed E-state index contributed by atoms with van der Waals surface area (Å²) in [6.45, 7) is 4.27. The minimum absolute atomic E-state index is 0.00197. The summed E-state index contributed by atoms with van der Waals surface area (Å²) in [5.74, 6) is -0.715. The molecule has 1 aliphatic rings. The van der Waals surface area contributed by atoms with Gasteiger partial charge in [0.05, 0.1) is 0 Å². The SMILES string of the molecule is CCN(CC)S(=O)(=O)CC(=O)N[C@H]1C[C@@H]1c1cccc(Cl)c1. The molecule has 0 saturated heterocycles. The van der Waals surface area contributed by atoms with Gasteiger partial charge in [-0.15, -0.1) is 0 Å². The molecule has 22 heavy (non-hydrogen) atoms. The molecule has 0 aromatic heterocycles. The van der Waals surface area contributed by atoms with Gasteiger partial charge in [0.2, 0.25) is 15.9 Å². The molecule has 0 aliphatic heterocycles. The molecule has 1 saturated carbocycles. The van der Waals surface area contributed by atoms with Gasteiger partial charge in [0.15, 0.2) is 0 Å². The van der Waals surface area contributed by atoms with E-state index in [4.69, 9.17) is 11.6 Å². The van der Waals surface area contributed by atoms with Crippen molar-refractivity contribution in [2.24, 2.45) is 0 Å². The second-order valence-corrected chi connectivity index (χ2v) is 7.82. The Labute approximate surface area is 136 Å². The quantitative estimate of drug-likeness (QED) is 0.822. The van der Waals surface area contributed by atoms with Crippen LogP contribution in [0.2, 0.25) is 5.02 Å². The Morgan fingerprint density at radius 1 is 1.36 bits per heavy atom. The van der Waals surface area contributed by atoms with Gasteiger partial charge in [-0.25, -0.2) is 12.7 Å². The van der Waals surface area contributed by atoms with Gasteiger partial charge >= 0.3 is 0 Å². The fourth-order valence-corrected chi connectivity index (χ4v) is 4.17. The summed E-state index contributed by atoms with van der Waals surface area (Å²) in [5.41, 5.74) is 1.07. The van der Waals surface area contributed by atoms with Crippen molar-refractivity contribution < 1.29 is 13.2 Å². The molecule has 2 atom stereocenters. The number of carbonyl (C=O) groups excluding carboxylic acids is 1. The van der Waals surface area contributed by atoms with Crippen LogP contribution in [0.5, 0.6) is 0 Å². The molecule has 0 radical (unpaired) electrons. The van der Waals surface area contributed by atoms with Crippen molar-refractivity contribution in [2.75, 3.05) is 18.8 Å². The standard InChI is InChI=1S/C15H21ClN2O3S/c1-3-18(4-2)22(20,21)10-15(19)17-14-9-13(14)11-6-5-7-12(16)8-11/h5-8,13-14H,3-4,9-10H2,1-2H3,(H,17,19)/t13-,14+/m1/s1. The predicted octanol–water partition coefficient (Wildman–Crippen LogP) is 1.98. The lowest BCUT2D eigenvalue weighted by Gasteiger charge is -2.17. The van der Waals surface area contributed by atoms with E-state index in [2.05, 4.69) is 5.32 Å². The van der Waals surface area contributed by atoms with Crippen molar-refractivity contribution in [3.8, 4) is 0 Å². The van der Waals surface area contributed by atoms with E-state index in [1.54, 1.807) is 19.9 Å². The molecule has 1 aromatic rings. The summed E-state index contributed by atoms with van der Waals surface area (Å²) in [6, 6.07) is 7.52. The van der Waals surface area contributed by atoms with Crippen LogP contribution in [0.25, 0.3) is 0 Å². The van der Waals surface area contributed by atoms with E-state index in [-0.39, 0.29) is 12.0 Å². The van der Waals surface area contributed by atoms with Gasteiger partial charge < -0.3 is 5.32 Å². The minimum Gasteiger partial charge on any atom is -0.352 e. The Morgan fingerprint density at radius 2 is 2.05 bits per heavy atom. The molecule has 0 unspecified atom stereocenters. The van der Waals surface area contributed by atoms with Crippen LogP contribution in [-0.2, 0) is 14.8 Å². The number of nitrogens with zero attached hydrogens (tertiary/aromatic N) is 1. The average Bonchev–Trinajstić information content (AvgIpc) is 3.18. The van der Waals surface area contributed by atoms with Gasteiger partial charge in [-0.3, -0.25) is 4.79 Å². The van der Waals surface area contributed by atoms with Crippen LogP contribution in [0.15, 0.2) is 24.3 Å². The first-order valence-corrected chi connectivity index (χ1v) is 9.38. The van der Waals surface area contributed by atoms with Gasteiger partial charge in [0.1, 0.15) is 5.75 Å². The highest BCUT2D eigenvalue weighted by atomic mass is 35.5. The van der Waals surface area contributed by atoms with Gasteiger partial charge in [0, 0.05) is 30.1 Å². The Morgan fingerprint density at radius 3 is 2.64 bits per heavy atom. The van der Waals surface area contributed by atoms with E-state index >= 15 is 0 Å². The zero-order valence-electron chi connectivity index (χ0n) is 12.8. The zero-order valence-corrected chi connectivity index (χ0v) is 14.3. The number of hydrogen-bond acceptors (Lipinski definition) is 3. The third-order valence-corrected chi connectivity index (χ3v) is 5.99. The third kappa shape index (κ3) is 4.21. The van der Waals surface area contributed by atoms with E-state index in [0.29, 0.717) is 18.1 Å². The number of nitrogens with one attached hydrogen (secondary N) is 1. The van der Waals surface area contributed by atoms with E-state index in [1.165, 1.54) is 4.31 Å². The molecular formula is C15H21ClN2O3S. The number of hydrogen-bond donors (Lipinski definition) is 1. The van der Waals surface area contributed by atoms with Gasteiger partial charge in [-0.1, -0.05) is 37.6 Å². The Balaban J connectivity index is 1.89. The summed E-state index contributed by atoms with van der Waals surface area (Å²) in [7, 11) is -3.53. The van der Waals surface area contributed by atoms with Gasteiger partial charge in [0.25, 0.3) is 0 Å². The first-order valence-electron chi connectivity index (χ1n) is 7.40. The normalized spacial score (nSPS) is 20.9. The molecule has 1 N–H and O–H groups in total. The fraction of sp³-hybridized carbons (Fsp3) is 0.533. The highest BCUT2D eigenvalue weighted by molar-refractivity contribution is 7.89. The molecular weight excluding hydrogens is 324 g/mol. The first-order chi connectivity index (χ1) is 10.4. The maximum absolute atomic E-state index is 12.0. The second-order valence-electron chi connectivity index (χ2n) is 5.41. The predicted molar refractivity (Wildman–Crippen MR) is 87.4 cm³/mol. The molecule has 1 aromatic carbocycles. The Hall–Kier alpha value is -1.11. The fourth-order valence-electron chi connectivity index (χ4n) is 2.58. The molecule has 122 valence electrons. The van der Waals surface area contributed by atoms with Crippen LogP contribution in [-0.4, -0.2) is 43.5 Å². The number of amides is 1. The van der Waals surface area contributed by atoms with Crippen LogP contribution in [0.4, 0.5) is 0 Å². The molecule has 1 aliphatic carbocycles. The number of benzene rings is 1. The Bertz CT molecular complexity index is 644. The van der Waals surface area contributed by atoms with E-state index < -0.39 is 21.7 Å². The summed E-state index contributed by atoms with van der Waals surface area (Å²) in [6.07, 6.45) is 0.817. The van der Waals surface area contributed by atoms with Crippen molar-refractivity contribution in [1.29, 1.82) is 0 Å². The summed E-state index contributed by atoms with van der Waals surface area (Å²) in [4.78, 5) is 11.9. The molecule has 0 spiro atoms. The van der Waals surface area contributed by atoms with Crippen molar-refractivity contribution in [3.63, 3.8) is 0 Å². The Kier molecular flexibility index (Phi) is 5.47. The van der Waals surface area contributed by atoms with Crippen LogP contribution >= 0.6 is 11.6 Å². The molecule has 1 amide bonds. The number of rotatable bonds is 7. The van der Waals surface area contributed by atoms with Crippen LogP contribution in [0, 0.1) is 0 Å². The monoisotopic (exact) mass is 344 g/mol. The highest BCUT2D eigenvalue weighted by Crippen LogP contribution is 2.41. The largest absolute Gasteiger partial charge is 0.352 e. The topological polar surface area (TPSA) is 66.5 Å². The average molecular weight is 345 g/mol. The number of sulfonamides is 1. The number of carbonyl (C=O) groups is 1. The first kappa shape index (κ1) is 17.2. The van der Waals surface area contributed by atoms with E-state index in [0.717, 1.165) is 12.0 Å². The van der Waals surface area contributed by atoms with Gasteiger partial charge in [-0.2, -0.15) is 0 Å². The molecule has 0 bridgehead atoms. The van der Waals surface area contributed by atoms with Crippen molar-refractivity contribution in [3.05, 3.63) is 34.9 Å². The van der Waals surface area contributed by atoms with E-state index in [1.807, 2.05) is 18.2 Å². The van der Waals surface area contributed by atoms with Crippen LogP contribution in [0.3, 0.4) is 0 Å². The summed E-state index contributed by atoms with van der Waals surface area (Å²) >= 11 is 5.95. The van der Waals surface area contributed by atoms with Gasteiger partial charge in [-0.05, 0) is 24.1 Å². The summed E-state index contributed by atoms with van der Waals surface area (Å²) < 4.78 is 25.4. The smallest absolute Gasteiger partial charge is 0.236 e. The maximum atomic E-state index is 12.0. The minimum atomic E-state index is -3.53. The molecule has 0 heterocycles. The van der Waals surface area contributed by atoms with Crippen LogP contribution in [0.1, 0.15) is 31.7 Å². The lowest BCUT2D eigenvalue weighted by molar-refractivity contribution is -0.118. The molecule has 2 rings (SSSR count). The maximum Gasteiger partial charge on any atom is 0.236 e. The number of halogens is 1.